The number of carbonyl (C=O) groups excluding carboxylic acids is 1. The number of amides is 1. The zero-order valence-electron chi connectivity index (χ0n) is 10.6. The molecule has 1 atom stereocenters. The third-order valence-corrected chi connectivity index (χ3v) is 2.71. The van der Waals surface area contributed by atoms with E-state index in [9.17, 15) is 9.90 Å². The molecule has 0 radical (unpaired) electrons. The molecule has 3 N–H and O–H groups in total. The number of carbonyl (C=O) groups is 1. The molecule has 0 fully saturated rings. The van der Waals surface area contributed by atoms with Gasteiger partial charge < -0.3 is 15.7 Å². The van der Waals surface area contributed by atoms with Gasteiger partial charge in [-0.3, -0.25) is 4.79 Å². The lowest BCUT2D eigenvalue weighted by Crippen LogP contribution is -2.34. The van der Waals surface area contributed by atoms with Crippen LogP contribution in [0.2, 0.25) is 0 Å². The average molecular weight is 236 g/mol. The largest absolute Gasteiger partial charge is 0.508 e. The number of phenolic OH excluding ortho intramolecular Hbond substituents is 1. The van der Waals surface area contributed by atoms with E-state index in [1.165, 1.54) is 0 Å². The summed E-state index contributed by atoms with van der Waals surface area (Å²) in [6.07, 6.45) is 0.992. The molecular weight excluding hydrogens is 216 g/mol. The summed E-state index contributed by atoms with van der Waals surface area (Å²) in [6, 6.07) is 5.22. The van der Waals surface area contributed by atoms with E-state index >= 15 is 0 Å². The van der Waals surface area contributed by atoms with Gasteiger partial charge in [-0.05, 0) is 44.0 Å². The maximum atomic E-state index is 11.6. The first-order chi connectivity index (χ1) is 8.02. The van der Waals surface area contributed by atoms with Crippen LogP contribution in [0.3, 0.4) is 0 Å². The summed E-state index contributed by atoms with van der Waals surface area (Å²) >= 11 is 0. The fraction of sp³-hybridized carbons (Fsp3) is 0.462. The second kappa shape index (κ2) is 6.25. The van der Waals surface area contributed by atoms with E-state index in [1.807, 2.05) is 13.8 Å². The number of nitrogens with one attached hydrogen (secondary N) is 2. The van der Waals surface area contributed by atoms with Crippen LogP contribution in [-0.4, -0.2) is 23.6 Å². The SMILES string of the molecule is CCC(C)NCC(=O)Nc1ccc(O)cc1C. The first-order valence-corrected chi connectivity index (χ1v) is 5.85. The minimum Gasteiger partial charge on any atom is -0.508 e. The first kappa shape index (κ1) is 13.5. The van der Waals surface area contributed by atoms with Crippen LogP contribution in [0.1, 0.15) is 25.8 Å². The van der Waals surface area contributed by atoms with Crippen LogP contribution in [-0.2, 0) is 4.79 Å². The predicted molar refractivity (Wildman–Crippen MR) is 69.2 cm³/mol. The van der Waals surface area contributed by atoms with Gasteiger partial charge in [0.15, 0.2) is 0 Å². The molecule has 1 rings (SSSR count). The molecule has 17 heavy (non-hydrogen) atoms. The number of phenols is 1. The second-order valence-corrected chi connectivity index (χ2v) is 4.24. The number of anilines is 1. The smallest absolute Gasteiger partial charge is 0.238 e. The maximum absolute atomic E-state index is 11.6. The van der Waals surface area contributed by atoms with Crippen molar-refractivity contribution in [2.45, 2.75) is 33.2 Å². The number of benzene rings is 1. The van der Waals surface area contributed by atoms with Crippen molar-refractivity contribution < 1.29 is 9.90 Å². The van der Waals surface area contributed by atoms with Crippen LogP contribution < -0.4 is 10.6 Å². The zero-order chi connectivity index (χ0) is 12.8. The van der Waals surface area contributed by atoms with E-state index in [1.54, 1.807) is 18.2 Å². The number of rotatable bonds is 5. The minimum absolute atomic E-state index is 0.0703. The van der Waals surface area contributed by atoms with E-state index in [0.29, 0.717) is 12.6 Å². The van der Waals surface area contributed by atoms with Crippen molar-refractivity contribution in [2.75, 3.05) is 11.9 Å². The monoisotopic (exact) mass is 236 g/mol. The lowest BCUT2D eigenvalue weighted by Gasteiger charge is -2.12. The Hall–Kier alpha value is -1.55. The molecule has 0 bridgehead atoms. The van der Waals surface area contributed by atoms with Crippen molar-refractivity contribution in [1.29, 1.82) is 0 Å². The fourth-order valence-electron chi connectivity index (χ4n) is 1.39. The molecule has 4 nitrogen and oxygen atoms in total. The van der Waals surface area contributed by atoms with E-state index in [2.05, 4.69) is 17.6 Å². The molecule has 1 amide bonds. The summed E-state index contributed by atoms with van der Waals surface area (Å²) in [6.45, 7) is 6.26. The molecule has 0 aliphatic heterocycles. The molecule has 1 unspecified atom stereocenters. The molecule has 0 aliphatic carbocycles. The molecule has 0 saturated heterocycles. The third-order valence-electron chi connectivity index (χ3n) is 2.71. The summed E-state index contributed by atoms with van der Waals surface area (Å²) < 4.78 is 0. The van der Waals surface area contributed by atoms with Crippen molar-refractivity contribution in [3.63, 3.8) is 0 Å². The van der Waals surface area contributed by atoms with Crippen molar-refractivity contribution in [3.05, 3.63) is 23.8 Å². The molecule has 1 aromatic carbocycles. The Labute approximate surface area is 102 Å². The fourth-order valence-corrected chi connectivity index (χ4v) is 1.39. The summed E-state index contributed by atoms with van der Waals surface area (Å²) in [5.41, 5.74) is 1.58. The summed E-state index contributed by atoms with van der Waals surface area (Å²) in [4.78, 5) is 11.6. The Bertz CT molecular complexity index is 391. The molecular formula is C13H20N2O2. The van der Waals surface area contributed by atoms with Gasteiger partial charge >= 0.3 is 0 Å². The highest BCUT2D eigenvalue weighted by Gasteiger charge is 2.06. The molecule has 1 aromatic rings. The van der Waals surface area contributed by atoms with Crippen LogP contribution in [0.15, 0.2) is 18.2 Å². The van der Waals surface area contributed by atoms with Gasteiger partial charge in [-0.15, -0.1) is 0 Å². The molecule has 0 heterocycles. The van der Waals surface area contributed by atoms with Crippen molar-refractivity contribution in [2.24, 2.45) is 0 Å². The molecule has 0 aliphatic rings. The van der Waals surface area contributed by atoms with Gasteiger partial charge in [0.1, 0.15) is 5.75 Å². The van der Waals surface area contributed by atoms with Gasteiger partial charge in [-0.25, -0.2) is 0 Å². The van der Waals surface area contributed by atoms with E-state index < -0.39 is 0 Å². The Morgan fingerprint density at radius 3 is 2.76 bits per heavy atom. The summed E-state index contributed by atoms with van der Waals surface area (Å²) in [5, 5.41) is 15.2. The lowest BCUT2D eigenvalue weighted by atomic mass is 10.2. The topological polar surface area (TPSA) is 61.4 Å². The highest BCUT2D eigenvalue weighted by molar-refractivity contribution is 5.93. The van der Waals surface area contributed by atoms with Gasteiger partial charge in [-0.2, -0.15) is 0 Å². The van der Waals surface area contributed by atoms with Crippen LogP contribution in [0.5, 0.6) is 5.75 Å². The molecule has 0 saturated carbocycles. The van der Waals surface area contributed by atoms with E-state index in [-0.39, 0.29) is 11.7 Å². The van der Waals surface area contributed by atoms with Crippen molar-refractivity contribution >= 4 is 11.6 Å². The number of aryl methyl sites for hydroxylation is 1. The quantitative estimate of drug-likeness (QED) is 0.685. The van der Waals surface area contributed by atoms with Crippen LogP contribution in [0.4, 0.5) is 5.69 Å². The molecule has 4 heteroatoms. The number of hydrogen-bond donors (Lipinski definition) is 3. The van der Waals surface area contributed by atoms with Crippen LogP contribution >= 0.6 is 0 Å². The van der Waals surface area contributed by atoms with Gasteiger partial charge in [0, 0.05) is 11.7 Å². The maximum Gasteiger partial charge on any atom is 0.238 e. The minimum atomic E-state index is -0.0703. The number of aromatic hydroxyl groups is 1. The van der Waals surface area contributed by atoms with Crippen LogP contribution in [0, 0.1) is 6.92 Å². The molecule has 0 aromatic heterocycles. The highest BCUT2D eigenvalue weighted by Crippen LogP contribution is 2.19. The summed E-state index contributed by atoms with van der Waals surface area (Å²) in [5.74, 6) is 0.136. The summed E-state index contributed by atoms with van der Waals surface area (Å²) in [7, 11) is 0. The second-order valence-electron chi connectivity index (χ2n) is 4.24. The average Bonchev–Trinajstić information content (AvgIpc) is 2.29. The Morgan fingerprint density at radius 1 is 1.47 bits per heavy atom. The van der Waals surface area contributed by atoms with E-state index in [4.69, 9.17) is 0 Å². The molecule has 0 spiro atoms. The molecule has 94 valence electrons. The van der Waals surface area contributed by atoms with Gasteiger partial charge in [0.2, 0.25) is 5.91 Å². The van der Waals surface area contributed by atoms with Gasteiger partial charge in [-0.1, -0.05) is 6.92 Å². The Morgan fingerprint density at radius 2 is 2.18 bits per heavy atom. The zero-order valence-corrected chi connectivity index (χ0v) is 10.6. The Kier molecular flexibility index (Phi) is 4.97. The first-order valence-electron chi connectivity index (χ1n) is 5.85. The van der Waals surface area contributed by atoms with Crippen molar-refractivity contribution in [1.82, 2.24) is 5.32 Å². The highest BCUT2D eigenvalue weighted by atomic mass is 16.3. The Balaban J connectivity index is 2.50. The normalized spacial score (nSPS) is 12.2. The lowest BCUT2D eigenvalue weighted by molar-refractivity contribution is -0.115. The van der Waals surface area contributed by atoms with Crippen molar-refractivity contribution in [3.8, 4) is 5.75 Å². The van der Waals surface area contributed by atoms with Crippen LogP contribution in [0.25, 0.3) is 0 Å². The van der Waals surface area contributed by atoms with E-state index in [0.717, 1.165) is 17.7 Å². The standard InChI is InChI=1S/C13H20N2O2/c1-4-10(3)14-8-13(17)15-12-6-5-11(16)7-9(12)2/h5-7,10,14,16H,4,8H2,1-3H3,(H,15,17). The van der Waals surface area contributed by atoms with Gasteiger partial charge in [0.05, 0.1) is 6.54 Å². The van der Waals surface area contributed by atoms with Gasteiger partial charge in [0.25, 0.3) is 0 Å². The predicted octanol–water partition coefficient (Wildman–Crippen LogP) is 2.03. The number of hydrogen-bond acceptors (Lipinski definition) is 3. The third kappa shape index (κ3) is 4.44.